The minimum Gasteiger partial charge on any atom is -0.394 e. The third-order valence-corrected chi connectivity index (χ3v) is 7.71. The Morgan fingerprint density at radius 3 is 2.17 bits per heavy atom. The van der Waals surface area contributed by atoms with Crippen LogP contribution in [0.2, 0.25) is 0 Å². The highest BCUT2D eigenvalue weighted by Crippen LogP contribution is 2.32. The van der Waals surface area contributed by atoms with Crippen LogP contribution in [0.5, 0.6) is 0 Å². The average Bonchev–Trinajstić information content (AvgIpc) is 2.96. The van der Waals surface area contributed by atoms with E-state index in [1.165, 1.54) is 0 Å². The van der Waals surface area contributed by atoms with E-state index < -0.39 is 110 Å². The zero-order valence-corrected chi connectivity index (χ0v) is 22.7. The SMILES string of the molecule is NC=NCCC(O)C(=O)N[C@@H]1C[C@H](N)[C@@H](O[C@H]2O[C@H](CN)[C@@H](O)[C@H](O)[C@H]2O)[C@H](O)[C@H]1O[C@H]1O[C@H](CO)[C@@H](O)[C@H](N)[C@H]1O. The summed E-state index contributed by atoms with van der Waals surface area (Å²) in [7, 11) is 0. The summed E-state index contributed by atoms with van der Waals surface area (Å²) in [6.45, 7) is -0.874. The Hall–Kier alpha value is -1.66. The van der Waals surface area contributed by atoms with Gasteiger partial charge < -0.3 is 88.1 Å². The fraction of sp³-hybridized carbons (Fsp3) is 0.913. The minimum atomic E-state index is -1.77. The van der Waals surface area contributed by atoms with Crippen LogP contribution in [-0.4, -0.2) is 171 Å². The number of aliphatic imine (C=N–C) groups is 1. The molecule has 1 saturated carbocycles. The van der Waals surface area contributed by atoms with Crippen molar-refractivity contribution in [3.05, 3.63) is 0 Å². The first-order valence-electron chi connectivity index (χ1n) is 13.6. The fourth-order valence-corrected chi connectivity index (χ4v) is 5.18. The molecule has 17 N–H and O–H groups in total. The summed E-state index contributed by atoms with van der Waals surface area (Å²) in [5.41, 5.74) is 22.9. The molecule has 0 aromatic rings. The van der Waals surface area contributed by atoms with Gasteiger partial charge in [-0.3, -0.25) is 9.79 Å². The number of nitrogens with one attached hydrogen (secondary N) is 1. The van der Waals surface area contributed by atoms with Gasteiger partial charge in [-0.05, 0) is 6.42 Å². The van der Waals surface area contributed by atoms with E-state index in [0.29, 0.717) is 0 Å². The first kappa shape index (κ1) is 34.8. The van der Waals surface area contributed by atoms with Gasteiger partial charge in [-0.25, -0.2) is 0 Å². The van der Waals surface area contributed by atoms with Crippen molar-refractivity contribution in [2.45, 2.75) is 111 Å². The van der Waals surface area contributed by atoms with E-state index in [2.05, 4.69) is 10.3 Å². The van der Waals surface area contributed by atoms with Gasteiger partial charge >= 0.3 is 0 Å². The van der Waals surface area contributed by atoms with Crippen molar-refractivity contribution in [2.75, 3.05) is 19.7 Å². The number of rotatable bonds is 11. The van der Waals surface area contributed by atoms with Crippen molar-refractivity contribution in [2.24, 2.45) is 27.9 Å². The monoisotopic (exact) mass is 612 g/mol. The van der Waals surface area contributed by atoms with Gasteiger partial charge in [0, 0.05) is 25.6 Å². The summed E-state index contributed by atoms with van der Waals surface area (Å²) in [5, 5.41) is 85.3. The summed E-state index contributed by atoms with van der Waals surface area (Å²) in [6, 6.07) is -3.50. The van der Waals surface area contributed by atoms with E-state index in [9.17, 15) is 45.6 Å². The molecule has 16 atom stereocenters. The molecule has 3 fully saturated rings. The molecule has 2 heterocycles. The number of aliphatic hydroxyl groups excluding tert-OH is 8. The maximum atomic E-state index is 12.8. The van der Waals surface area contributed by atoms with Gasteiger partial charge in [0.1, 0.15) is 67.1 Å². The summed E-state index contributed by atoms with van der Waals surface area (Å²) in [4.78, 5) is 16.5. The number of amides is 1. The average molecular weight is 613 g/mol. The minimum absolute atomic E-state index is 0.0483. The predicted octanol–water partition coefficient (Wildman–Crippen LogP) is -8.40. The Bertz CT molecular complexity index is 890. The Kier molecular flexibility index (Phi) is 12.7. The lowest BCUT2D eigenvalue weighted by atomic mass is 9.83. The number of carbonyl (C=O) groups excluding carboxylic acids is 1. The number of carbonyl (C=O) groups is 1. The smallest absolute Gasteiger partial charge is 0.249 e. The van der Waals surface area contributed by atoms with Crippen molar-refractivity contribution in [3.63, 3.8) is 0 Å². The van der Waals surface area contributed by atoms with Gasteiger partial charge in [0.25, 0.3) is 0 Å². The summed E-state index contributed by atoms with van der Waals surface area (Å²) in [6.07, 6.45) is -19.0. The van der Waals surface area contributed by atoms with Crippen LogP contribution in [-0.2, 0) is 23.7 Å². The molecule has 2 saturated heterocycles. The van der Waals surface area contributed by atoms with Crippen LogP contribution in [0.25, 0.3) is 0 Å². The highest BCUT2D eigenvalue weighted by molar-refractivity contribution is 5.80. The molecule has 19 nitrogen and oxygen atoms in total. The zero-order valence-electron chi connectivity index (χ0n) is 22.7. The zero-order chi connectivity index (χ0) is 31.3. The first-order valence-corrected chi connectivity index (χ1v) is 13.6. The van der Waals surface area contributed by atoms with E-state index in [-0.39, 0.29) is 25.9 Å². The molecule has 0 aromatic heterocycles. The normalized spacial score (nSPS) is 45.5. The van der Waals surface area contributed by atoms with E-state index in [1.807, 2.05) is 0 Å². The van der Waals surface area contributed by atoms with Crippen molar-refractivity contribution in [1.82, 2.24) is 5.32 Å². The number of hydrogen-bond donors (Lipinski definition) is 13. The van der Waals surface area contributed by atoms with Gasteiger partial charge in [-0.2, -0.15) is 0 Å². The number of nitrogens with zero attached hydrogens (tertiary/aromatic N) is 1. The van der Waals surface area contributed by atoms with Gasteiger partial charge in [0.15, 0.2) is 12.6 Å². The van der Waals surface area contributed by atoms with Crippen molar-refractivity contribution < 1.29 is 64.6 Å². The fourth-order valence-electron chi connectivity index (χ4n) is 5.18. The molecule has 3 rings (SSSR count). The van der Waals surface area contributed by atoms with Crippen molar-refractivity contribution in [3.8, 4) is 0 Å². The largest absolute Gasteiger partial charge is 0.394 e. The van der Waals surface area contributed by atoms with E-state index >= 15 is 0 Å². The van der Waals surface area contributed by atoms with Gasteiger partial charge in [0.05, 0.1) is 25.0 Å². The van der Waals surface area contributed by atoms with Crippen LogP contribution < -0.4 is 28.3 Å². The van der Waals surface area contributed by atoms with Gasteiger partial charge in [-0.1, -0.05) is 0 Å². The molecule has 1 amide bonds. The third-order valence-electron chi connectivity index (χ3n) is 7.71. The molecule has 1 aliphatic carbocycles. The second-order valence-electron chi connectivity index (χ2n) is 10.6. The number of nitrogens with two attached hydrogens (primary N) is 4. The standard InChI is InChI=1S/C23H44N6O13/c24-4-10-14(33)16(35)17(36)23(39-10)41-19-7(26)3-8(29-21(38)9(31)1-2-28-6-25)20(18(19)37)42-22-15(34)12(27)13(32)11(5-30)40-22/h6-20,22-23,30-37H,1-5,24,26-27H2,(H2,25,28)(H,29,38)/t7-,8+,9?,10+,11+,12-,13+,14+,15+,16-,17+,18-,19+,20-,22+,23+/m0/s1. The van der Waals surface area contributed by atoms with Crippen LogP contribution in [0.3, 0.4) is 0 Å². The third kappa shape index (κ3) is 7.70. The molecule has 19 heteroatoms. The van der Waals surface area contributed by atoms with Crippen LogP contribution in [0.15, 0.2) is 4.99 Å². The molecule has 244 valence electrons. The van der Waals surface area contributed by atoms with Gasteiger partial charge in [0.2, 0.25) is 5.91 Å². The molecule has 1 unspecified atom stereocenters. The molecule has 0 radical (unpaired) electrons. The molecule has 42 heavy (non-hydrogen) atoms. The number of hydrogen-bond acceptors (Lipinski definition) is 17. The van der Waals surface area contributed by atoms with Crippen molar-refractivity contribution in [1.29, 1.82) is 0 Å². The second kappa shape index (κ2) is 15.4. The highest BCUT2D eigenvalue weighted by Gasteiger charge is 2.52. The summed E-state index contributed by atoms with van der Waals surface area (Å²) >= 11 is 0. The highest BCUT2D eigenvalue weighted by atomic mass is 16.7. The van der Waals surface area contributed by atoms with Gasteiger partial charge in [-0.15, -0.1) is 0 Å². The predicted molar refractivity (Wildman–Crippen MR) is 140 cm³/mol. The molecule has 0 bridgehead atoms. The lowest BCUT2D eigenvalue weighted by Crippen LogP contribution is -2.69. The lowest BCUT2D eigenvalue weighted by Gasteiger charge is -2.49. The molecule has 3 aliphatic rings. The maximum Gasteiger partial charge on any atom is 0.249 e. The van der Waals surface area contributed by atoms with Crippen molar-refractivity contribution >= 4 is 12.2 Å². The molecule has 0 spiro atoms. The topological polar surface area (TPSA) is 344 Å². The summed E-state index contributed by atoms with van der Waals surface area (Å²) < 4.78 is 22.6. The Morgan fingerprint density at radius 2 is 1.55 bits per heavy atom. The Balaban J connectivity index is 1.84. The number of aliphatic hydroxyl groups is 8. The summed E-state index contributed by atoms with van der Waals surface area (Å²) in [5.74, 6) is -0.862. The lowest BCUT2D eigenvalue weighted by molar-refractivity contribution is -0.332. The van der Waals surface area contributed by atoms with E-state index in [4.69, 9.17) is 41.9 Å². The molecular formula is C23H44N6O13. The molecule has 0 aromatic carbocycles. The maximum absolute atomic E-state index is 12.8. The first-order chi connectivity index (χ1) is 19.9. The second-order valence-corrected chi connectivity index (χ2v) is 10.6. The van der Waals surface area contributed by atoms with E-state index in [1.54, 1.807) is 0 Å². The molecular weight excluding hydrogens is 568 g/mol. The van der Waals surface area contributed by atoms with Crippen LogP contribution >= 0.6 is 0 Å². The van der Waals surface area contributed by atoms with Crippen LogP contribution in [0, 0.1) is 0 Å². The quantitative estimate of drug-likeness (QED) is 0.0760. The van der Waals surface area contributed by atoms with E-state index in [0.717, 1.165) is 6.34 Å². The number of ether oxygens (including phenoxy) is 4. The van der Waals surface area contributed by atoms with Crippen LogP contribution in [0.4, 0.5) is 0 Å². The Morgan fingerprint density at radius 1 is 0.929 bits per heavy atom. The molecule has 2 aliphatic heterocycles. The van der Waals surface area contributed by atoms with Crippen LogP contribution in [0.1, 0.15) is 12.8 Å². The Labute approximate surface area is 241 Å².